The van der Waals surface area contributed by atoms with Gasteiger partial charge in [-0.3, -0.25) is 14.9 Å². The molecule has 23 heavy (non-hydrogen) atoms. The Balaban J connectivity index is 2.03. The van der Waals surface area contributed by atoms with Crippen molar-refractivity contribution < 1.29 is 18.9 Å². The summed E-state index contributed by atoms with van der Waals surface area (Å²) in [5.74, 6) is -0.280. The first kappa shape index (κ1) is 15.1. The lowest BCUT2D eigenvalue weighted by Gasteiger charge is -2.31. The van der Waals surface area contributed by atoms with Gasteiger partial charge < -0.3 is 14.1 Å². The van der Waals surface area contributed by atoms with Crippen LogP contribution in [0.4, 0.5) is 11.6 Å². The number of benzene rings is 1. The number of hydrogen-bond donors (Lipinski definition) is 0. The summed E-state index contributed by atoms with van der Waals surface area (Å²) >= 11 is 0. The van der Waals surface area contributed by atoms with E-state index in [1.165, 1.54) is 12.1 Å². The fourth-order valence-corrected chi connectivity index (χ4v) is 2.89. The number of rotatable bonds is 3. The Morgan fingerprint density at radius 1 is 1.35 bits per heavy atom. The van der Waals surface area contributed by atoms with Gasteiger partial charge in [-0.1, -0.05) is 6.07 Å². The smallest absolute Gasteiger partial charge is 0.433 e. The molecule has 0 bridgehead atoms. The summed E-state index contributed by atoms with van der Waals surface area (Å²) in [5, 5.41) is 10.7. The van der Waals surface area contributed by atoms with Gasteiger partial charge >= 0.3 is 5.88 Å². The summed E-state index contributed by atoms with van der Waals surface area (Å²) in [7, 11) is 1.56. The number of carbonyl (C=O) groups is 1. The lowest BCUT2D eigenvalue weighted by molar-refractivity contribution is -0.402. The van der Waals surface area contributed by atoms with Crippen LogP contribution in [0, 0.1) is 17.0 Å². The molecule has 1 aliphatic heterocycles. The van der Waals surface area contributed by atoms with Crippen molar-refractivity contribution in [3.63, 3.8) is 0 Å². The standard InChI is InChI=1S/C16H16N2O5/c1-10-5-6-12(22-2)15-11(10)4-3-9-17(15)16(19)13-7-8-14(23-13)18(20)21/h5-8H,3-4,9H2,1-2H3. The van der Waals surface area contributed by atoms with E-state index in [1.807, 2.05) is 19.1 Å². The zero-order valence-electron chi connectivity index (χ0n) is 12.9. The molecular formula is C16H16N2O5. The van der Waals surface area contributed by atoms with Gasteiger partial charge in [0.25, 0.3) is 5.91 Å². The predicted octanol–water partition coefficient (Wildman–Crippen LogP) is 3.10. The number of nitrogens with zero attached hydrogens (tertiary/aromatic N) is 2. The summed E-state index contributed by atoms with van der Waals surface area (Å²) in [6.07, 6.45) is 1.68. The zero-order chi connectivity index (χ0) is 16.6. The van der Waals surface area contributed by atoms with Crippen molar-refractivity contribution in [2.24, 2.45) is 0 Å². The van der Waals surface area contributed by atoms with Crippen molar-refractivity contribution in [2.45, 2.75) is 19.8 Å². The normalized spacial score (nSPS) is 13.6. The molecule has 2 heterocycles. The van der Waals surface area contributed by atoms with E-state index in [1.54, 1.807) is 12.0 Å². The van der Waals surface area contributed by atoms with Crippen molar-refractivity contribution in [1.29, 1.82) is 0 Å². The molecule has 1 aromatic heterocycles. The summed E-state index contributed by atoms with van der Waals surface area (Å²) in [6, 6.07) is 6.30. The van der Waals surface area contributed by atoms with Crippen LogP contribution >= 0.6 is 0 Å². The molecule has 0 saturated heterocycles. The fraction of sp³-hybridized carbons (Fsp3) is 0.312. The molecule has 2 aromatic rings. The Morgan fingerprint density at radius 3 is 2.78 bits per heavy atom. The first-order valence-corrected chi connectivity index (χ1v) is 7.25. The SMILES string of the molecule is COc1ccc(C)c2c1N(C(=O)c1ccc([N+](=O)[O-])o1)CCC2. The van der Waals surface area contributed by atoms with Crippen molar-refractivity contribution in [1.82, 2.24) is 0 Å². The van der Waals surface area contributed by atoms with Gasteiger partial charge in [0.2, 0.25) is 0 Å². The summed E-state index contributed by atoms with van der Waals surface area (Å²) in [5.41, 5.74) is 2.87. The topological polar surface area (TPSA) is 85.8 Å². The quantitative estimate of drug-likeness (QED) is 0.641. The number of ether oxygens (including phenoxy) is 1. The second-order valence-electron chi connectivity index (χ2n) is 5.37. The third-order valence-corrected chi connectivity index (χ3v) is 4.01. The molecule has 1 aliphatic rings. The minimum absolute atomic E-state index is 0.0480. The lowest BCUT2D eigenvalue weighted by Crippen LogP contribution is -2.36. The number of amides is 1. The number of carbonyl (C=O) groups excluding carboxylic acids is 1. The van der Waals surface area contributed by atoms with Gasteiger partial charge in [0.1, 0.15) is 10.7 Å². The van der Waals surface area contributed by atoms with E-state index >= 15 is 0 Å². The Bertz CT molecular complexity index is 781. The first-order valence-electron chi connectivity index (χ1n) is 7.25. The molecule has 120 valence electrons. The van der Waals surface area contributed by atoms with E-state index in [9.17, 15) is 14.9 Å². The van der Waals surface area contributed by atoms with Gasteiger partial charge in [0, 0.05) is 6.54 Å². The van der Waals surface area contributed by atoms with Crippen LogP contribution in [0.1, 0.15) is 28.1 Å². The molecule has 3 rings (SSSR count). The van der Waals surface area contributed by atoms with Crippen LogP contribution in [0.3, 0.4) is 0 Å². The second kappa shape index (κ2) is 5.75. The van der Waals surface area contributed by atoms with Gasteiger partial charge in [-0.25, -0.2) is 0 Å². The third kappa shape index (κ3) is 2.54. The monoisotopic (exact) mass is 316 g/mol. The van der Waals surface area contributed by atoms with E-state index in [-0.39, 0.29) is 5.76 Å². The largest absolute Gasteiger partial charge is 0.495 e. The summed E-state index contributed by atoms with van der Waals surface area (Å²) in [4.78, 5) is 24.4. The van der Waals surface area contributed by atoms with E-state index in [4.69, 9.17) is 9.15 Å². The number of methoxy groups -OCH3 is 1. The van der Waals surface area contributed by atoms with Crippen LogP contribution in [0.2, 0.25) is 0 Å². The van der Waals surface area contributed by atoms with Crippen molar-refractivity contribution in [3.8, 4) is 5.75 Å². The van der Waals surface area contributed by atoms with Crippen LogP contribution in [0.15, 0.2) is 28.7 Å². The molecule has 0 saturated carbocycles. The molecule has 1 amide bonds. The van der Waals surface area contributed by atoms with Crippen LogP contribution in [0.5, 0.6) is 5.75 Å². The Labute approximate surface area is 132 Å². The van der Waals surface area contributed by atoms with E-state index in [0.717, 1.165) is 29.7 Å². The molecule has 0 unspecified atom stereocenters. The molecule has 0 radical (unpaired) electrons. The average molecular weight is 316 g/mol. The van der Waals surface area contributed by atoms with Gasteiger partial charge in [0.15, 0.2) is 5.76 Å². The molecule has 7 heteroatoms. The van der Waals surface area contributed by atoms with E-state index in [2.05, 4.69) is 0 Å². The predicted molar refractivity (Wildman–Crippen MR) is 83.1 cm³/mol. The maximum Gasteiger partial charge on any atom is 0.433 e. The van der Waals surface area contributed by atoms with Gasteiger partial charge in [-0.2, -0.15) is 0 Å². The number of hydrogen-bond acceptors (Lipinski definition) is 5. The molecule has 0 atom stereocenters. The van der Waals surface area contributed by atoms with Crippen LogP contribution in [-0.4, -0.2) is 24.5 Å². The highest BCUT2D eigenvalue weighted by Crippen LogP contribution is 2.39. The highest BCUT2D eigenvalue weighted by Gasteiger charge is 2.30. The van der Waals surface area contributed by atoms with Gasteiger partial charge in [-0.05, 0) is 43.0 Å². The summed E-state index contributed by atoms with van der Waals surface area (Å²) in [6.45, 7) is 2.50. The van der Waals surface area contributed by atoms with Crippen LogP contribution < -0.4 is 9.64 Å². The Kier molecular flexibility index (Phi) is 3.77. The lowest BCUT2D eigenvalue weighted by atomic mass is 9.96. The van der Waals surface area contributed by atoms with Crippen molar-refractivity contribution in [3.05, 3.63) is 51.3 Å². The average Bonchev–Trinajstić information content (AvgIpc) is 3.04. The molecule has 1 aromatic carbocycles. The van der Waals surface area contributed by atoms with Crippen molar-refractivity contribution >= 4 is 17.5 Å². The maximum atomic E-state index is 12.7. The van der Waals surface area contributed by atoms with E-state index in [0.29, 0.717) is 12.3 Å². The molecule has 0 aliphatic carbocycles. The number of aryl methyl sites for hydroxylation is 1. The molecular weight excluding hydrogens is 300 g/mol. The molecule has 0 N–H and O–H groups in total. The van der Waals surface area contributed by atoms with Crippen LogP contribution in [0.25, 0.3) is 0 Å². The molecule has 7 nitrogen and oxygen atoms in total. The molecule has 0 fully saturated rings. The zero-order valence-corrected chi connectivity index (χ0v) is 12.9. The minimum atomic E-state index is -0.661. The molecule has 0 spiro atoms. The summed E-state index contributed by atoms with van der Waals surface area (Å²) < 4.78 is 10.4. The number of fused-ring (bicyclic) bond motifs is 1. The fourth-order valence-electron chi connectivity index (χ4n) is 2.89. The highest BCUT2D eigenvalue weighted by molar-refractivity contribution is 6.06. The number of anilines is 1. The third-order valence-electron chi connectivity index (χ3n) is 4.01. The highest BCUT2D eigenvalue weighted by atomic mass is 16.6. The first-order chi connectivity index (χ1) is 11.0. The van der Waals surface area contributed by atoms with E-state index < -0.39 is 16.7 Å². The van der Waals surface area contributed by atoms with Crippen molar-refractivity contribution in [2.75, 3.05) is 18.6 Å². The Morgan fingerprint density at radius 2 is 2.13 bits per heavy atom. The number of nitro groups is 1. The second-order valence-corrected chi connectivity index (χ2v) is 5.37. The minimum Gasteiger partial charge on any atom is -0.495 e. The maximum absolute atomic E-state index is 12.7. The van der Waals surface area contributed by atoms with Crippen LogP contribution in [-0.2, 0) is 6.42 Å². The van der Waals surface area contributed by atoms with Gasteiger partial charge in [-0.15, -0.1) is 0 Å². The Hall–Kier alpha value is -2.83. The van der Waals surface area contributed by atoms with Gasteiger partial charge in [0.05, 0.1) is 18.9 Å². The number of furan rings is 1.